The first-order valence-electron chi connectivity index (χ1n) is 12.2. The third kappa shape index (κ3) is 5.00. The molecule has 2 aromatic heterocycles. The number of hydrogen-bond donors (Lipinski definition) is 1. The molecular formula is C28H35N5O. The summed E-state index contributed by atoms with van der Waals surface area (Å²) in [5.74, 6) is 0.957. The van der Waals surface area contributed by atoms with Gasteiger partial charge in [-0.05, 0) is 81.0 Å². The number of nitrogens with zero attached hydrogens (tertiary/aromatic N) is 4. The summed E-state index contributed by atoms with van der Waals surface area (Å²) in [5, 5.41) is 10.1. The predicted octanol–water partition coefficient (Wildman–Crippen LogP) is 5.13. The molecule has 4 rings (SSSR count). The Hall–Kier alpha value is -3.17. The lowest BCUT2D eigenvalue weighted by Crippen LogP contribution is -2.43. The van der Waals surface area contributed by atoms with E-state index in [0.717, 1.165) is 37.3 Å². The highest BCUT2D eigenvalue weighted by Gasteiger charge is 2.25. The summed E-state index contributed by atoms with van der Waals surface area (Å²) in [6.07, 6.45) is 1.94. The van der Waals surface area contributed by atoms with Crippen molar-refractivity contribution >= 4 is 16.8 Å². The maximum Gasteiger partial charge on any atom is 0.236 e. The number of nitriles is 1. The first-order chi connectivity index (χ1) is 16.3. The molecule has 0 atom stereocenters. The van der Waals surface area contributed by atoms with Gasteiger partial charge in [0.1, 0.15) is 0 Å². The number of piperidine rings is 1. The van der Waals surface area contributed by atoms with Crippen LogP contribution < -0.4 is 0 Å². The number of carbonyl (C=O) groups is 1. The van der Waals surface area contributed by atoms with E-state index in [1.54, 1.807) is 4.90 Å². The Labute approximate surface area is 202 Å². The maximum absolute atomic E-state index is 12.6. The van der Waals surface area contributed by atoms with E-state index in [1.165, 1.54) is 33.3 Å². The van der Waals surface area contributed by atoms with E-state index in [1.807, 2.05) is 25.8 Å². The Bertz CT molecular complexity index is 1210. The highest BCUT2D eigenvalue weighted by molar-refractivity contribution is 5.92. The molecule has 0 bridgehead atoms. The Morgan fingerprint density at radius 3 is 2.50 bits per heavy atom. The van der Waals surface area contributed by atoms with Crippen LogP contribution in [0.25, 0.3) is 22.2 Å². The number of hydrogen-bond acceptors (Lipinski definition) is 4. The number of aromatic nitrogens is 2. The van der Waals surface area contributed by atoms with E-state index in [9.17, 15) is 4.79 Å². The molecule has 6 nitrogen and oxygen atoms in total. The number of aryl methyl sites for hydroxylation is 2. The minimum Gasteiger partial charge on any atom is -0.354 e. The lowest BCUT2D eigenvalue weighted by molar-refractivity contribution is -0.133. The molecule has 0 unspecified atom stereocenters. The number of amides is 1. The predicted molar refractivity (Wildman–Crippen MR) is 137 cm³/mol. The van der Waals surface area contributed by atoms with Crippen molar-refractivity contribution in [3.8, 4) is 17.3 Å². The third-order valence-corrected chi connectivity index (χ3v) is 6.88. The van der Waals surface area contributed by atoms with Gasteiger partial charge in [0.25, 0.3) is 0 Å². The van der Waals surface area contributed by atoms with Gasteiger partial charge in [-0.15, -0.1) is 0 Å². The average Bonchev–Trinajstić information content (AvgIpc) is 3.18. The number of pyridine rings is 1. The number of likely N-dealkylation sites (N-methyl/N-ethyl adjacent to an activating group) is 1. The van der Waals surface area contributed by atoms with Crippen LogP contribution in [0.4, 0.5) is 0 Å². The Morgan fingerprint density at radius 1 is 1.21 bits per heavy atom. The molecule has 1 aliphatic rings. The van der Waals surface area contributed by atoms with E-state index < -0.39 is 0 Å². The normalized spacial score (nSPS) is 14.8. The molecule has 1 fully saturated rings. The number of benzene rings is 1. The molecule has 0 radical (unpaired) electrons. The fourth-order valence-electron chi connectivity index (χ4n) is 5.26. The molecule has 0 spiro atoms. The second-order valence-electron chi connectivity index (χ2n) is 10.00. The van der Waals surface area contributed by atoms with Gasteiger partial charge in [-0.2, -0.15) is 5.26 Å². The summed E-state index contributed by atoms with van der Waals surface area (Å²) in [5.41, 5.74) is 8.33. The number of aromatic amines is 1. The lowest BCUT2D eigenvalue weighted by Gasteiger charge is -2.33. The van der Waals surface area contributed by atoms with Crippen molar-refractivity contribution in [3.05, 3.63) is 52.8 Å². The van der Waals surface area contributed by atoms with E-state index in [4.69, 9.17) is 5.26 Å². The number of nitrogens with one attached hydrogen (secondary N) is 1. The quantitative estimate of drug-likeness (QED) is 0.521. The molecule has 3 aromatic rings. The standard InChI is InChI=1S/C28H35N5O/c1-18(2)27-24-16-22(21-8-11-33(12-9-21)26(34)17-32(5)13-10-29)6-7-25(24)31-28(27)23-14-19(3)30-20(4)15-23/h6-7,14-16,18,21,31H,8-9,11-13,17H2,1-5H3. The highest BCUT2D eigenvalue weighted by atomic mass is 16.2. The minimum atomic E-state index is 0.118. The zero-order chi connectivity index (χ0) is 24.4. The molecule has 0 saturated carbocycles. The van der Waals surface area contributed by atoms with Gasteiger partial charge in [-0.1, -0.05) is 19.9 Å². The fourth-order valence-corrected chi connectivity index (χ4v) is 5.26. The van der Waals surface area contributed by atoms with Gasteiger partial charge in [0.2, 0.25) is 5.91 Å². The van der Waals surface area contributed by atoms with Crippen LogP contribution in [0.3, 0.4) is 0 Å². The number of fused-ring (bicyclic) bond motifs is 1. The molecule has 1 aliphatic heterocycles. The SMILES string of the molecule is Cc1cc(-c2[nH]c3ccc(C4CCN(C(=O)CN(C)CC#N)CC4)cc3c2C(C)C)cc(C)n1. The van der Waals surface area contributed by atoms with Gasteiger partial charge in [-0.3, -0.25) is 14.7 Å². The Morgan fingerprint density at radius 2 is 1.88 bits per heavy atom. The highest BCUT2D eigenvalue weighted by Crippen LogP contribution is 2.38. The molecule has 178 valence electrons. The monoisotopic (exact) mass is 457 g/mol. The summed E-state index contributed by atoms with van der Waals surface area (Å²) in [7, 11) is 1.81. The summed E-state index contributed by atoms with van der Waals surface area (Å²) in [4.78, 5) is 24.5. The van der Waals surface area contributed by atoms with Crippen molar-refractivity contribution < 1.29 is 4.79 Å². The molecule has 1 N–H and O–H groups in total. The van der Waals surface area contributed by atoms with Gasteiger partial charge in [0, 0.05) is 40.9 Å². The fraction of sp³-hybridized carbons (Fsp3) is 0.464. The molecule has 1 saturated heterocycles. The lowest BCUT2D eigenvalue weighted by atomic mass is 9.87. The molecule has 0 aliphatic carbocycles. The second kappa shape index (κ2) is 9.99. The number of H-pyrrole nitrogens is 1. The summed E-state index contributed by atoms with van der Waals surface area (Å²) in [6.45, 7) is 10.7. The second-order valence-corrected chi connectivity index (χ2v) is 10.00. The van der Waals surface area contributed by atoms with E-state index in [2.05, 4.69) is 60.2 Å². The van der Waals surface area contributed by atoms with Crippen molar-refractivity contribution in [2.45, 2.75) is 52.4 Å². The first-order valence-corrected chi connectivity index (χ1v) is 12.2. The largest absolute Gasteiger partial charge is 0.354 e. The number of likely N-dealkylation sites (tertiary alicyclic amines) is 1. The molecule has 34 heavy (non-hydrogen) atoms. The van der Waals surface area contributed by atoms with Gasteiger partial charge in [0.05, 0.1) is 24.9 Å². The van der Waals surface area contributed by atoms with Gasteiger partial charge >= 0.3 is 0 Å². The van der Waals surface area contributed by atoms with E-state index in [-0.39, 0.29) is 12.5 Å². The van der Waals surface area contributed by atoms with Crippen molar-refractivity contribution in [1.29, 1.82) is 5.26 Å². The summed E-state index contributed by atoms with van der Waals surface area (Å²) >= 11 is 0. The molecule has 1 aromatic carbocycles. The van der Waals surface area contributed by atoms with E-state index in [0.29, 0.717) is 18.4 Å². The van der Waals surface area contributed by atoms with Crippen LogP contribution in [-0.2, 0) is 4.79 Å². The summed E-state index contributed by atoms with van der Waals surface area (Å²) < 4.78 is 0. The number of carbonyl (C=O) groups excluding carboxylic acids is 1. The molecular weight excluding hydrogens is 422 g/mol. The number of rotatable bonds is 6. The van der Waals surface area contributed by atoms with Crippen LogP contribution in [0.15, 0.2) is 30.3 Å². The molecule has 1 amide bonds. The van der Waals surface area contributed by atoms with Crippen LogP contribution in [-0.4, -0.2) is 58.9 Å². The maximum atomic E-state index is 12.6. The van der Waals surface area contributed by atoms with Gasteiger partial charge in [0.15, 0.2) is 0 Å². The Kier molecular flexibility index (Phi) is 7.04. The van der Waals surface area contributed by atoms with Gasteiger partial charge < -0.3 is 9.88 Å². The third-order valence-electron chi connectivity index (χ3n) is 6.88. The van der Waals surface area contributed by atoms with Crippen LogP contribution in [0.2, 0.25) is 0 Å². The van der Waals surface area contributed by atoms with E-state index >= 15 is 0 Å². The summed E-state index contributed by atoms with van der Waals surface area (Å²) in [6, 6.07) is 13.3. The zero-order valence-electron chi connectivity index (χ0n) is 21.0. The smallest absolute Gasteiger partial charge is 0.236 e. The molecule has 6 heteroatoms. The van der Waals surface area contributed by atoms with Crippen molar-refractivity contribution in [1.82, 2.24) is 19.8 Å². The van der Waals surface area contributed by atoms with Crippen molar-refractivity contribution in [2.75, 3.05) is 33.2 Å². The van der Waals surface area contributed by atoms with Crippen molar-refractivity contribution in [3.63, 3.8) is 0 Å². The topological polar surface area (TPSA) is 76.0 Å². The zero-order valence-corrected chi connectivity index (χ0v) is 21.0. The minimum absolute atomic E-state index is 0.118. The molecule has 3 heterocycles. The van der Waals surface area contributed by atoms with Crippen LogP contribution in [0, 0.1) is 25.2 Å². The average molecular weight is 458 g/mol. The first kappa shape index (κ1) is 24.0. The van der Waals surface area contributed by atoms with Crippen LogP contribution in [0.1, 0.15) is 61.0 Å². The van der Waals surface area contributed by atoms with Gasteiger partial charge in [-0.25, -0.2) is 0 Å². The van der Waals surface area contributed by atoms with Crippen LogP contribution in [0.5, 0.6) is 0 Å². The van der Waals surface area contributed by atoms with Crippen LogP contribution >= 0.6 is 0 Å². The Balaban J connectivity index is 1.57. The van der Waals surface area contributed by atoms with Crippen molar-refractivity contribution in [2.24, 2.45) is 0 Å².